The minimum Gasteiger partial charge on any atom is -0.309 e. The number of para-hydroxylation sites is 5. The predicted octanol–water partition coefficient (Wildman–Crippen LogP) is 15.1. The number of rotatable bonds is 6. The summed E-state index contributed by atoms with van der Waals surface area (Å²) in [6.07, 6.45) is 0. The van der Waals surface area contributed by atoms with Crippen LogP contribution < -0.4 is 0 Å². The van der Waals surface area contributed by atoms with Crippen LogP contribution in [0.25, 0.3) is 120 Å². The number of nitrogens with zero attached hydrogens (tertiary/aromatic N) is 5. The molecule has 0 saturated carbocycles. The summed E-state index contributed by atoms with van der Waals surface area (Å²) in [5.74, 6) is 1.86. The molecule has 63 heavy (non-hydrogen) atoms. The predicted molar refractivity (Wildman–Crippen MR) is 263 cm³/mol. The van der Waals surface area contributed by atoms with Gasteiger partial charge in [0.25, 0.3) is 0 Å². The van der Waals surface area contributed by atoms with Crippen molar-refractivity contribution < 1.29 is 0 Å². The number of benzene rings is 9. The van der Waals surface area contributed by atoms with Gasteiger partial charge in [-0.1, -0.05) is 158 Å². The van der Waals surface area contributed by atoms with E-state index in [1.165, 1.54) is 42.8 Å². The van der Waals surface area contributed by atoms with E-state index >= 15 is 0 Å². The molecule has 0 N–H and O–H groups in total. The van der Waals surface area contributed by atoms with E-state index in [4.69, 9.17) is 15.0 Å². The molecule has 0 saturated heterocycles. The molecular formula is C57H35N5S. The van der Waals surface area contributed by atoms with Crippen LogP contribution in [0, 0.1) is 0 Å². The van der Waals surface area contributed by atoms with Crippen molar-refractivity contribution in [3.8, 4) is 56.7 Å². The van der Waals surface area contributed by atoms with Gasteiger partial charge in [-0.15, -0.1) is 11.3 Å². The Kier molecular flexibility index (Phi) is 8.01. The van der Waals surface area contributed by atoms with Crippen molar-refractivity contribution >= 4 is 75.1 Å². The molecule has 0 atom stereocenters. The maximum absolute atomic E-state index is 5.56. The second kappa shape index (κ2) is 14.2. The molecule has 0 aliphatic rings. The van der Waals surface area contributed by atoms with Gasteiger partial charge in [0.2, 0.25) is 0 Å². The average molecular weight is 822 g/mol. The molecule has 294 valence electrons. The number of fused-ring (bicyclic) bond motifs is 9. The van der Waals surface area contributed by atoms with Crippen LogP contribution in [0.4, 0.5) is 0 Å². The Bertz CT molecular complexity index is 3850. The lowest BCUT2D eigenvalue weighted by Gasteiger charge is -2.14. The van der Waals surface area contributed by atoms with Gasteiger partial charge in [0, 0.05) is 69.8 Å². The van der Waals surface area contributed by atoms with Gasteiger partial charge in [0.1, 0.15) is 0 Å². The first kappa shape index (κ1) is 35.6. The molecule has 9 aromatic carbocycles. The fourth-order valence-electron chi connectivity index (χ4n) is 9.64. The monoisotopic (exact) mass is 821 g/mol. The summed E-state index contributed by atoms with van der Waals surface area (Å²) in [5.41, 5.74) is 11.8. The smallest absolute Gasteiger partial charge is 0.166 e. The molecule has 13 aromatic rings. The first-order chi connectivity index (χ1) is 31.3. The Morgan fingerprint density at radius 1 is 0.333 bits per heavy atom. The second-order valence-corrected chi connectivity index (χ2v) is 17.0. The number of aromatic nitrogens is 5. The van der Waals surface area contributed by atoms with Crippen molar-refractivity contribution in [2.45, 2.75) is 0 Å². The molecule has 0 aliphatic carbocycles. The zero-order valence-electron chi connectivity index (χ0n) is 33.9. The third kappa shape index (κ3) is 5.59. The van der Waals surface area contributed by atoms with Crippen molar-refractivity contribution in [1.82, 2.24) is 24.1 Å². The van der Waals surface area contributed by atoms with E-state index < -0.39 is 0 Å². The Balaban J connectivity index is 1.16. The number of hydrogen-bond acceptors (Lipinski definition) is 4. The van der Waals surface area contributed by atoms with Crippen LogP contribution in [-0.2, 0) is 0 Å². The van der Waals surface area contributed by atoms with Crippen LogP contribution in [0.15, 0.2) is 212 Å². The summed E-state index contributed by atoms with van der Waals surface area (Å²) >= 11 is 1.80. The first-order valence-corrected chi connectivity index (χ1v) is 22.0. The van der Waals surface area contributed by atoms with Crippen molar-refractivity contribution in [2.75, 3.05) is 0 Å². The molecule has 0 radical (unpaired) electrons. The Hall–Kier alpha value is -8.19. The van der Waals surface area contributed by atoms with Crippen molar-refractivity contribution in [2.24, 2.45) is 0 Å². The molecule has 0 bridgehead atoms. The van der Waals surface area contributed by atoms with Gasteiger partial charge in [0.15, 0.2) is 17.5 Å². The fourth-order valence-corrected chi connectivity index (χ4v) is 10.9. The van der Waals surface area contributed by atoms with Crippen molar-refractivity contribution in [1.29, 1.82) is 0 Å². The normalized spacial score (nSPS) is 11.8. The molecule has 0 fully saturated rings. The highest BCUT2D eigenvalue weighted by Gasteiger charge is 2.24. The Labute approximate surface area is 366 Å². The Morgan fingerprint density at radius 2 is 0.841 bits per heavy atom. The zero-order chi connectivity index (χ0) is 41.4. The van der Waals surface area contributed by atoms with E-state index in [1.807, 2.05) is 18.2 Å². The minimum absolute atomic E-state index is 0.617. The molecule has 0 unspecified atom stereocenters. The zero-order valence-corrected chi connectivity index (χ0v) is 34.7. The van der Waals surface area contributed by atoms with E-state index in [0.29, 0.717) is 17.5 Å². The third-order valence-corrected chi connectivity index (χ3v) is 13.6. The highest BCUT2D eigenvalue weighted by molar-refractivity contribution is 7.26. The van der Waals surface area contributed by atoms with Crippen LogP contribution in [0.2, 0.25) is 0 Å². The highest BCUT2D eigenvalue weighted by atomic mass is 32.1. The molecule has 6 heteroatoms. The van der Waals surface area contributed by atoms with Gasteiger partial charge in [-0.2, -0.15) is 0 Å². The number of thiophene rings is 1. The van der Waals surface area contributed by atoms with Gasteiger partial charge in [-0.05, 0) is 65.7 Å². The van der Waals surface area contributed by atoms with Crippen LogP contribution >= 0.6 is 11.3 Å². The van der Waals surface area contributed by atoms with Gasteiger partial charge in [-0.3, -0.25) is 0 Å². The summed E-state index contributed by atoms with van der Waals surface area (Å²) < 4.78 is 7.10. The topological polar surface area (TPSA) is 48.5 Å². The molecule has 0 spiro atoms. The molecule has 13 rings (SSSR count). The largest absolute Gasteiger partial charge is 0.309 e. The first-order valence-electron chi connectivity index (χ1n) is 21.2. The lowest BCUT2D eigenvalue weighted by Crippen LogP contribution is -2.03. The molecule has 5 nitrogen and oxygen atoms in total. The molecule has 0 amide bonds. The maximum atomic E-state index is 5.56. The van der Waals surface area contributed by atoms with E-state index in [0.717, 1.165) is 60.2 Å². The van der Waals surface area contributed by atoms with E-state index in [-0.39, 0.29) is 0 Å². The lowest BCUT2D eigenvalue weighted by atomic mass is 9.98. The van der Waals surface area contributed by atoms with E-state index in [2.05, 4.69) is 203 Å². The SMILES string of the molecule is c1ccc(-c2nc(-c3cc(-n4c5ccccc5c5ccccc54)cc4c3sc3cccc(-c5ccccc5)c34)nc(-c3cccc4c5ccccc5n(-c5ccccc5)c34)n2)cc1. The van der Waals surface area contributed by atoms with Crippen molar-refractivity contribution in [3.05, 3.63) is 212 Å². The van der Waals surface area contributed by atoms with Crippen LogP contribution in [0.3, 0.4) is 0 Å². The van der Waals surface area contributed by atoms with E-state index in [1.54, 1.807) is 11.3 Å². The fraction of sp³-hybridized carbons (Fsp3) is 0. The van der Waals surface area contributed by atoms with Crippen LogP contribution in [-0.4, -0.2) is 24.1 Å². The summed E-state index contributed by atoms with van der Waals surface area (Å²) in [7, 11) is 0. The standard InChI is InChI=1S/C57H35N5S/c1-4-18-36(19-5-1)40-27-17-33-51-52(40)46-34-39(61-48-30-13-10-24-41(48)42-25-11-14-31-49(42)61)35-47(54(46)63-51)57-59-55(37-20-6-2-7-21-37)58-56(60-57)45-29-16-28-44-43-26-12-15-32-50(43)62(53(44)45)38-22-8-3-9-23-38/h1-35H. The van der Waals surface area contributed by atoms with Crippen LogP contribution in [0.1, 0.15) is 0 Å². The summed E-state index contributed by atoms with van der Waals surface area (Å²) in [4.78, 5) is 16.3. The lowest BCUT2D eigenvalue weighted by molar-refractivity contribution is 1.07. The Morgan fingerprint density at radius 3 is 1.52 bits per heavy atom. The van der Waals surface area contributed by atoms with E-state index in [9.17, 15) is 0 Å². The van der Waals surface area contributed by atoms with Gasteiger partial charge in [0.05, 0.1) is 22.1 Å². The summed E-state index contributed by atoms with van der Waals surface area (Å²) in [5, 5.41) is 7.14. The summed E-state index contributed by atoms with van der Waals surface area (Å²) in [6.45, 7) is 0. The summed E-state index contributed by atoms with van der Waals surface area (Å²) in [6, 6.07) is 75.5. The molecule has 4 heterocycles. The van der Waals surface area contributed by atoms with Crippen LogP contribution in [0.5, 0.6) is 0 Å². The third-order valence-electron chi connectivity index (χ3n) is 12.4. The highest BCUT2D eigenvalue weighted by Crippen LogP contribution is 2.46. The molecular weight excluding hydrogens is 787 g/mol. The van der Waals surface area contributed by atoms with Gasteiger partial charge < -0.3 is 9.13 Å². The average Bonchev–Trinajstić information content (AvgIpc) is 4.02. The minimum atomic E-state index is 0.617. The molecule has 0 aliphatic heterocycles. The number of hydrogen-bond donors (Lipinski definition) is 0. The van der Waals surface area contributed by atoms with Gasteiger partial charge >= 0.3 is 0 Å². The second-order valence-electron chi connectivity index (χ2n) is 15.9. The maximum Gasteiger partial charge on any atom is 0.166 e. The quantitative estimate of drug-likeness (QED) is 0.168. The van der Waals surface area contributed by atoms with Crippen molar-refractivity contribution in [3.63, 3.8) is 0 Å². The molecule has 4 aromatic heterocycles. The van der Waals surface area contributed by atoms with Gasteiger partial charge in [-0.25, -0.2) is 15.0 Å².